The molecule has 4 rings (SSSR count). The van der Waals surface area contributed by atoms with Gasteiger partial charge in [-0.2, -0.15) is 0 Å². The number of rotatable bonds is 3. The van der Waals surface area contributed by atoms with Crippen LogP contribution in [-0.4, -0.2) is 41.9 Å². The van der Waals surface area contributed by atoms with Gasteiger partial charge in [0.05, 0.1) is 4.88 Å². The van der Waals surface area contributed by atoms with Gasteiger partial charge >= 0.3 is 0 Å². The van der Waals surface area contributed by atoms with E-state index in [9.17, 15) is 9.18 Å². The maximum Gasteiger partial charge on any atom is 0.264 e. The highest BCUT2D eigenvalue weighted by Crippen LogP contribution is 2.30. The first-order valence-corrected chi connectivity index (χ1v) is 10.4. The molecule has 1 saturated heterocycles. The van der Waals surface area contributed by atoms with Crippen molar-refractivity contribution in [1.29, 1.82) is 0 Å². The summed E-state index contributed by atoms with van der Waals surface area (Å²) in [5.74, 6) is -0.117. The molecule has 1 aromatic heterocycles. The van der Waals surface area contributed by atoms with E-state index in [0.29, 0.717) is 30.2 Å². The topological polar surface area (TPSA) is 23.6 Å². The van der Waals surface area contributed by atoms with Gasteiger partial charge in [-0.05, 0) is 49.4 Å². The average Bonchev–Trinajstić information content (AvgIpc) is 3.09. The Morgan fingerprint density at radius 3 is 2.65 bits per heavy atom. The molecule has 1 aliphatic carbocycles. The third kappa shape index (κ3) is 3.66. The lowest BCUT2D eigenvalue weighted by molar-refractivity contribution is 0.0631. The number of hydrogen-bond donors (Lipinski definition) is 0. The van der Waals surface area contributed by atoms with E-state index in [1.54, 1.807) is 23.5 Å². The fraction of sp³-hybridized carbons (Fsp3) is 0.450. The molecule has 0 radical (unpaired) electrons. The van der Waals surface area contributed by atoms with Crippen molar-refractivity contribution in [1.82, 2.24) is 9.80 Å². The van der Waals surface area contributed by atoms with E-state index in [-0.39, 0.29) is 11.7 Å². The van der Waals surface area contributed by atoms with E-state index in [4.69, 9.17) is 11.6 Å². The number of carbonyl (C=O) groups is 1. The predicted molar refractivity (Wildman–Crippen MR) is 104 cm³/mol. The molecule has 0 atom stereocenters. The second-order valence-corrected chi connectivity index (χ2v) is 8.58. The number of thiophene rings is 1. The van der Waals surface area contributed by atoms with Crippen LogP contribution in [0.4, 0.5) is 4.39 Å². The van der Waals surface area contributed by atoms with Crippen LogP contribution in [0.25, 0.3) is 0 Å². The number of nitrogens with zero attached hydrogens (tertiary/aromatic N) is 2. The van der Waals surface area contributed by atoms with Crippen LogP contribution in [-0.2, 0) is 19.4 Å². The Hall–Kier alpha value is -1.43. The molecular formula is C20H22ClFN2OS. The highest BCUT2D eigenvalue weighted by atomic mass is 35.5. The van der Waals surface area contributed by atoms with E-state index < -0.39 is 0 Å². The van der Waals surface area contributed by atoms with Crippen molar-refractivity contribution in [3.05, 3.63) is 56.0 Å². The number of amides is 1. The summed E-state index contributed by atoms with van der Waals surface area (Å²) < 4.78 is 14.0. The van der Waals surface area contributed by atoms with Crippen molar-refractivity contribution in [2.75, 3.05) is 26.2 Å². The minimum atomic E-state index is -0.264. The zero-order valence-corrected chi connectivity index (χ0v) is 16.2. The quantitative estimate of drug-likeness (QED) is 0.774. The van der Waals surface area contributed by atoms with Gasteiger partial charge in [0.1, 0.15) is 5.82 Å². The third-order valence-electron chi connectivity index (χ3n) is 5.31. The van der Waals surface area contributed by atoms with Crippen LogP contribution in [0.3, 0.4) is 0 Å². The van der Waals surface area contributed by atoms with Crippen LogP contribution in [0.5, 0.6) is 0 Å². The normalized spacial score (nSPS) is 18.0. The summed E-state index contributed by atoms with van der Waals surface area (Å²) in [6.45, 7) is 3.31. The number of carbonyl (C=O) groups excluding carboxylic acids is 1. The van der Waals surface area contributed by atoms with E-state index in [2.05, 4.69) is 11.0 Å². The maximum absolute atomic E-state index is 14.0. The molecule has 3 nitrogen and oxygen atoms in total. The minimum Gasteiger partial charge on any atom is -0.335 e. The summed E-state index contributed by atoms with van der Waals surface area (Å²) in [7, 11) is 0. The van der Waals surface area contributed by atoms with Crippen LogP contribution >= 0.6 is 22.9 Å². The van der Waals surface area contributed by atoms with E-state index in [0.717, 1.165) is 30.8 Å². The lowest BCUT2D eigenvalue weighted by Crippen LogP contribution is -2.48. The average molecular weight is 393 g/mol. The van der Waals surface area contributed by atoms with Crippen LogP contribution in [0, 0.1) is 5.82 Å². The number of fused-ring (bicyclic) bond motifs is 1. The lowest BCUT2D eigenvalue weighted by atomic mass is 9.99. The first-order valence-electron chi connectivity index (χ1n) is 9.18. The molecule has 0 N–H and O–H groups in total. The van der Waals surface area contributed by atoms with Crippen molar-refractivity contribution in [2.24, 2.45) is 0 Å². The zero-order chi connectivity index (χ0) is 18.1. The highest BCUT2D eigenvalue weighted by Gasteiger charge is 2.25. The molecule has 1 aromatic carbocycles. The number of aryl methyl sites for hydroxylation is 2. The Bertz CT molecular complexity index is 770. The fourth-order valence-corrected chi connectivity index (χ4v) is 5.21. The molecule has 26 heavy (non-hydrogen) atoms. The van der Waals surface area contributed by atoms with Gasteiger partial charge in [0.2, 0.25) is 0 Å². The first-order chi connectivity index (χ1) is 12.6. The third-order valence-corrected chi connectivity index (χ3v) is 6.89. The van der Waals surface area contributed by atoms with Gasteiger partial charge in [0.25, 0.3) is 5.91 Å². The summed E-state index contributed by atoms with van der Waals surface area (Å²) in [6, 6.07) is 6.89. The molecule has 0 bridgehead atoms. The highest BCUT2D eigenvalue weighted by molar-refractivity contribution is 7.14. The number of benzene rings is 1. The Labute approximate surface area is 162 Å². The standard InChI is InChI=1S/C20H22ClFN2OS/c21-16-5-3-6-17(22)15(16)13-23-8-10-24(11-9-23)20(25)19-12-14-4-1-2-7-18(14)26-19/h3,5-6,12H,1-2,4,7-11,13H2. The van der Waals surface area contributed by atoms with Gasteiger partial charge in [-0.25, -0.2) is 4.39 Å². The van der Waals surface area contributed by atoms with Gasteiger partial charge < -0.3 is 4.90 Å². The summed E-state index contributed by atoms with van der Waals surface area (Å²) in [4.78, 5) is 19.2. The molecule has 2 aromatic rings. The Morgan fingerprint density at radius 2 is 1.92 bits per heavy atom. The van der Waals surface area contributed by atoms with Crippen molar-refractivity contribution < 1.29 is 9.18 Å². The SMILES string of the molecule is O=C(c1cc2c(s1)CCCC2)N1CCN(Cc2c(F)cccc2Cl)CC1. The van der Waals surface area contributed by atoms with Crippen molar-refractivity contribution >= 4 is 28.8 Å². The van der Waals surface area contributed by atoms with Gasteiger partial charge in [-0.15, -0.1) is 11.3 Å². The second-order valence-electron chi connectivity index (χ2n) is 7.03. The molecule has 0 spiro atoms. The van der Waals surface area contributed by atoms with Crippen LogP contribution in [0.2, 0.25) is 5.02 Å². The minimum absolute atomic E-state index is 0.146. The Kier molecular flexibility index (Phi) is 5.30. The van der Waals surface area contributed by atoms with Crippen molar-refractivity contribution in [2.45, 2.75) is 32.2 Å². The van der Waals surface area contributed by atoms with Gasteiger partial charge in [0.15, 0.2) is 0 Å². The summed E-state index contributed by atoms with van der Waals surface area (Å²) in [6.07, 6.45) is 4.69. The van der Waals surface area contributed by atoms with E-state index >= 15 is 0 Å². The van der Waals surface area contributed by atoms with E-state index in [1.165, 1.54) is 29.3 Å². The van der Waals surface area contributed by atoms with Crippen LogP contribution in [0.1, 0.15) is 38.5 Å². The van der Waals surface area contributed by atoms with Gasteiger partial charge in [-0.3, -0.25) is 9.69 Å². The molecule has 2 aliphatic rings. The molecule has 0 unspecified atom stereocenters. The largest absolute Gasteiger partial charge is 0.335 e. The molecule has 1 fully saturated rings. The Balaban J connectivity index is 1.37. The summed E-state index contributed by atoms with van der Waals surface area (Å²) >= 11 is 7.80. The molecular weight excluding hydrogens is 371 g/mol. The monoisotopic (exact) mass is 392 g/mol. The number of hydrogen-bond acceptors (Lipinski definition) is 3. The fourth-order valence-electron chi connectivity index (χ4n) is 3.77. The molecule has 2 heterocycles. The molecule has 138 valence electrons. The molecule has 6 heteroatoms. The summed E-state index contributed by atoms with van der Waals surface area (Å²) in [5.41, 5.74) is 1.91. The Morgan fingerprint density at radius 1 is 1.15 bits per heavy atom. The summed E-state index contributed by atoms with van der Waals surface area (Å²) in [5, 5.41) is 0.465. The zero-order valence-electron chi connectivity index (χ0n) is 14.6. The molecule has 1 amide bonds. The van der Waals surface area contributed by atoms with Crippen molar-refractivity contribution in [3.63, 3.8) is 0 Å². The second kappa shape index (κ2) is 7.67. The number of piperazine rings is 1. The number of halogens is 2. The van der Waals surface area contributed by atoms with Gasteiger partial charge in [-0.1, -0.05) is 17.7 Å². The van der Waals surface area contributed by atoms with Gasteiger partial charge in [0, 0.05) is 48.2 Å². The van der Waals surface area contributed by atoms with Crippen molar-refractivity contribution in [3.8, 4) is 0 Å². The maximum atomic E-state index is 14.0. The first kappa shape index (κ1) is 18.0. The van der Waals surface area contributed by atoms with E-state index in [1.807, 2.05) is 4.90 Å². The van der Waals surface area contributed by atoms with Crippen LogP contribution in [0.15, 0.2) is 24.3 Å². The predicted octanol–water partition coefficient (Wildman–Crippen LogP) is 4.38. The van der Waals surface area contributed by atoms with Crippen LogP contribution < -0.4 is 0 Å². The lowest BCUT2D eigenvalue weighted by Gasteiger charge is -2.34. The molecule has 1 aliphatic heterocycles. The molecule has 0 saturated carbocycles. The smallest absolute Gasteiger partial charge is 0.264 e.